The summed E-state index contributed by atoms with van der Waals surface area (Å²) in [4.78, 5) is 16.2. The topological polar surface area (TPSA) is 35.6 Å². The largest absolute Gasteiger partial charge is 0.314 e. The molecule has 1 heterocycles. The fourth-order valence-corrected chi connectivity index (χ4v) is 2.08. The first-order chi connectivity index (χ1) is 8.20. The molecular formula is C13H19N3O. The van der Waals surface area contributed by atoms with E-state index in [4.69, 9.17) is 0 Å². The van der Waals surface area contributed by atoms with E-state index in [1.54, 1.807) is 4.90 Å². The van der Waals surface area contributed by atoms with Crippen molar-refractivity contribution in [3.05, 3.63) is 30.3 Å². The monoisotopic (exact) mass is 233 g/mol. The zero-order valence-electron chi connectivity index (χ0n) is 10.4. The van der Waals surface area contributed by atoms with E-state index in [1.165, 1.54) is 0 Å². The molecule has 0 bridgehead atoms. The van der Waals surface area contributed by atoms with E-state index in [1.807, 2.05) is 44.4 Å². The number of para-hydroxylation sites is 1. The van der Waals surface area contributed by atoms with Gasteiger partial charge < -0.3 is 10.2 Å². The van der Waals surface area contributed by atoms with Crippen LogP contribution in [0.3, 0.4) is 0 Å². The molecule has 0 aromatic heterocycles. The lowest BCUT2D eigenvalue weighted by molar-refractivity contribution is -0.123. The number of nitrogens with one attached hydrogen (secondary N) is 1. The summed E-state index contributed by atoms with van der Waals surface area (Å²) < 4.78 is 0. The summed E-state index contributed by atoms with van der Waals surface area (Å²) in [6, 6.07) is 9.69. The lowest BCUT2D eigenvalue weighted by Gasteiger charge is -2.34. The van der Waals surface area contributed by atoms with Gasteiger partial charge in [0.1, 0.15) is 6.04 Å². The normalized spacial score (nSPS) is 21.2. The van der Waals surface area contributed by atoms with Gasteiger partial charge in [-0.1, -0.05) is 18.2 Å². The van der Waals surface area contributed by atoms with E-state index in [9.17, 15) is 4.79 Å². The highest BCUT2D eigenvalue weighted by molar-refractivity contribution is 5.96. The molecule has 1 amide bonds. The Balaban J connectivity index is 2.09. The van der Waals surface area contributed by atoms with Crippen molar-refractivity contribution in [1.29, 1.82) is 0 Å². The summed E-state index contributed by atoms with van der Waals surface area (Å²) >= 11 is 0. The molecule has 0 spiro atoms. The molecular weight excluding hydrogens is 214 g/mol. The number of carbonyl (C=O) groups is 1. The predicted octanol–water partition coefficient (Wildman–Crippen LogP) is 0.553. The summed E-state index contributed by atoms with van der Waals surface area (Å²) in [7, 11) is 3.84. The number of likely N-dealkylation sites (N-methyl/N-ethyl adjacent to an activating group) is 2. The minimum Gasteiger partial charge on any atom is -0.314 e. The van der Waals surface area contributed by atoms with Gasteiger partial charge >= 0.3 is 0 Å². The van der Waals surface area contributed by atoms with Gasteiger partial charge in [0.15, 0.2) is 0 Å². The number of carbonyl (C=O) groups excluding carboxylic acids is 1. The highest BCUT2D eigenvalue weighted by Gasteiger charge is 2.28. The molecule has 4 heteroatoms. The first kappa shape index (κ1) is 12.1. The number of nitrogens with zero attached hydrogens (tertiary/aromatic N) is 2. The Morgan fingerprint density at radius 1 is 1.41 bits per heavy atom. The quantitative estimate of drug-likeness (QED) is 0.810. The second kappa shape index (κ2) is 5.29. The van der Waals surface area contributed by atoms with E-state index in [0.29, 0.717) is 0 Å². The van der Waals surface area contributed by atoms with Crippen molar-refractivity contribution in [2.24, 2.45) is 0 Å². The molecule has 92 valence electrons. The Hall–Kier alpha value is -1.39. The SMILES string of the molecule is CN(C(=O)C1CNCCN1C)c1ccccc1. The number of hydrogen-bond acceptors (Lipinski definition) is 3. The highest BCUT2D eigenvalue weighted by Crippen LogP contribution is 2.14. The number of anilines is 1. The van der Waals surface area contributed by atoms with E-state index in [-0.39, 0.29) is 11.9 Å². The molecule has 1 fully saturated rings. The van der Waals surface area contributed by atoms with Crippen molar-refractivity contribution in [2.75, 3.05) is 38.6 Å². The average Bonchev–Trinajstić information content (AvgIpc) is 2.39. The summed E-state index contributed by atoms with van der Waals surface area (Å²) in [5.41, 5.74) is 0.941. The van der Waals surface area contributed by atoms with Gasteiger partial charge in [-0.3, -0.25) is 9.69 Å². The zero-order valence-corrected chi connectivity index (χ0v) is 10.4. The number of rotatable bonds is 2. The van der Waals surface area contributed by atoms with Gasteiger partial charge in [0.05, 0.1) is 0 Å². The third-order valence-electron chi connectivity index (χ3n) is 3.27. The van der Waals surface area contributed by atoms with Crippen LogP contribution in [0.4, 0.5) is 5.69 Å². The third kappa shape index (κ3) is 2.65. The van der Waals surface area contributed by atoms with E-state index in [2.05, 4.69) is 10.2 Å². The smallest absolute Gasteiger partial charge is 0.245 e. The van der Waals surface area contributed by atoms with Crippen molar-refractivity contribution < 1.29 is 4.79 Å². The van der Waals surface area contributed by atoms with Crippen LogP contribution < -0.4 is 10.2 Å². The van der Waals surface area contributed by atoms with Crippen molar-refractivity contribution in [3.63, 3.8) is 0 Å². The molecule has 1 aromatic carbocycles. The van der Waals surface area contributed by atoms with Crippen molar-refractivity contribution in [1.82, 2.24) is 10.2 Å². The summed E-state index contributed by atoms with van der Waals surface area (Å²) in [5.74, 6) is 0.144. The molecule has 1 aromatic rings. The first-order valence-corrected chi connectivity index (χ1v) is 5.93. The van der Waals surface area contributed by atoms with Gasteiger partial charge in [-0.05, 0) is 19.2 Å². The van der Waals surface area contributed by atoms with E-state index >= 15 is 0 Å². The Bertz CT molecular complexity index is 380. The van der Waals surface area contributed by atoms with Crippen LogP contribution in [0.25, 0.3) is 0 Å². The van der Waals surface area contributed by atoms with Crippen LogP contribution in [0, 0.1) is 0 Å². The fraction of sp³-hybridized carbons (Fsp3) is 0.462. The maximum atomic E-state index is 12.4. The van der Waals surface area contributed by atoms with Gasteiger partial charge in [0.25, 0.3) is 0 Å². The Morgan fingerprint density at radius 3 is 2.76 bits per heavy atom. The van der Waals surface area contributed by atoms with Crippen LogP contribution in [-0.2, 0) is 4.79 Å². The molecule has 17 heavy (non-hydrogen) atoms. The van der Waals surface area contributed by atoms with Crippen LogP contribution >= 0.6 is 0 Å². The maximum absolute atomic E-state index is 12.4. The van der Waals surface area contributed by atoms with Gasteiger partial charge in [0.2, 0.25) is 5.91 Å². The lowest BCUT2D eigenvalue weighted by atomic mass is 10.1. The van der Waals surface area contributed by atoms with Gasteiger partial charge in [-0.2, -0.15) is 0 Å². The number of hydrogen-bond donors (Lipinski definition) is 1. The Kier molecular flexibility index (Phi) is 3.76. The molecule has 2 rings (SSSR count). The van der Waals surface area contributed by atoms with Crippen LogP contribution in [0.15, 0.2) is 30.3 Å². The molecule has 1 saturated heterocycles. The first-order valence-electron chi connectivity index (χ1n) is 5.93. The maximum Gasteiger partial charge on any atom is 0.245 e. The molecule has 0 saturated carbocycles. The van der Waals surface area contributed by atoms with Gasteiger partial charge in [-0.25, -0.2) is 0 Å². The Morgan fingerprint density at radius 2 is 2.12 bits per heavy atom. The minimum absolute atomic E-state index is 0.0612. The molecule has 1 aliphatic rings. The predicted molar refractivity (Wildman–Crippen MR) is 69.1 cm³/mol. The number of amides is 1. The summed E-state index contributed by atoms with van der Waals surface area (Å²) in [6.07, 6.45) is 0. The molecule has 0 radical (unpaired) electrons. The van der Waals surface area contributed by atoms with Crippen LogP contribution in [0.1, 0.15) is 0 Å². The lowest BCUT2D eigenvalue weighted by Crippen LogP contribution is -2.56. The van der Waals surface area contributed by atoms with Gasteiger partial charge in [0, 0.05) is 32.4 Å². The van der Waals surface area contributed by atoms with Crippen LogP contribution in [0.5, 0.6) is 0 Å². The van der Waals surface area contributed by atoms with Crippen LogP contribution in [0.2, 0.25) is 0 Å². The molecule has 1 unspecified atom stereocenters. The van der Waals surface area contributed by atoms with E-state index in [0.717, 1.165) is 25.3 Å². The summed E-state index contributed by atoms with van der Waals surface area (Å²) in [6.45, 7) is 2.60. The van der Waals surface area contributed by atoms with Crippen molar-refractivity contribution in [2.45, 2.75) is 6.04 Å². The third-order valence-corrected chi connectivity index (χ3v) is 3.27. The van der Waals surface area contributed by atoms with Gasteiger partial charge in [-0.15, -0.1) is 0 Å². The fourth-order valence-electron chi connectivity index (χ4n) is 2.08. The van der Waals surface area contributed by atoms with Crippen LogP contribution in [-0.4, -0.2) is 50.6 Å². The summed E-state index contributed by atoms with van der Waals surface area (Å²) in [5, 5.41) is 3.26. The Labute approximate surface area is 102 Å². The standard InChI is InChI=1S/C13H19N3O/c1-15-9-8-14-10-12(15)13(17)16(2)11-6-4-3-5-7-11/h3-7,12,14H,8-10H2,1-2H3. The van der Waals surface area contributed by atoms with Crippen molar-refractivity contribution >= 4 is 11.6 Å². The molecule has 0 aliphatic carbocycles. The van der Waals surface area contributed by atoms with Crippen molar-refractivity contribution in [3.8, 4) is 0 Å². The molecule has 1 N–H and O–H groups in total. The average molecular weight is 233 g/mol. The number of piperazine rings is 1. The van der Waals surface area contributed by atoms with E-state index < -0.39 is 0 Å². The number of benzene rings is 1. The molecule has 1 aliphatic heterocycles. The molecule has 1 atom stereocenters. The minimum atomic E-state index is -0.0612. The second-order valence-corrected chi connectivity index (χ2v) is 4.43. The highest BCUT2D eigenvalue weighted by atomic mass is 16.2. The second-order valence-electron chi connectivity index (χ2n) is 4.43. The molecule has 4 nitrogen and oxygen atoms in total. The zero-order chi connectivity index (χ0) is 12.3.